The molecule has 8 nitrogen and oxygen atoms in total. The van der Waals surface area contributed by atoms with Crippen LogP contribution in [0.1, 0.15) is 36.5 Å². The zero-order valence-electron chi connectivity index (χ0n) is 20.2. The van der Waals surface area contributed by atoms with E-state index in [0.29, 0.717) is 5.75 Å². The van der Waals surface area contributed by atoms with Crippen LogP contribution in [0.3, 0.4) is 0 Å². The lowest BCUT2D eigenvalue weighted by Crippen LogP contribution is -2.49. The summed E-state index contributed by atoms with van der Waals surface area (Å²) in [6.45, 7) is 4.12. The van der Waals surface area contributed by atoms with Crippen LogP contribution in [0.5, 0.6) is 5.75 Å². The molecule has 0 spiro atoms. The van der Waals surface area contributed by atoms with E-state index in [1.807, 2.05) is 38.1 Å². The van der Waals surface area contributed by atoms with E-state index in [1.54, 1.807) is 24.3 Å². The van der Waals surface area contributed by atoms with Crippen molar-refractivity contribution in [3.8, 4) is 16.9 Å². The third-order valence-electron chi connectivity index (χ3n) is 6.17. The van der Waals surface area contributed by atoms with Crippen LogP contribution in [-0.2, 0) is 16.1 Å². The van der Waals surface area contributed by atoms with E-state index in [0.717, 1.165) is 27.8 Å². The predicted molar refractivity (Wildman–Crippen MR) is 135 cm³/mol. The van der Waals surface area contributed by atoms with Crippen molar-refractivity contribution >= 4 is 18.1 Å². The molecule has 186 valence electrons. The maximum Gasteiger partial charge on any atom is 0.409 e. The minimum absolute atomic E-state index is 0.0593. The van der Waals surface area contributed by atoms with Gasteiger partial charge in [0.05, 0.1) is 0 Å². The zero-order valence-corrected chi connectivity index (χ0v) is 20.2. The molecule has 0 saturated heterocycles. The SMILES string of the molecule is CC(C)[C@H](NC(=O)OCC1c2ccccc2-c2ccccc21)C(=O)NCc1ccc(OC(N)=O)cc1. The van der Waals surface area contributed by atoms with Gasteiger partial charge in [-0.25, -0.2) is 9.59 Å². The van der Waals surface area contributed by atoms with Crippen molar-refractivity contribution in [2.75, 3.05) is 6.61 Å². The molecule has 1 aliphatic carbocycles. The van der Waals surface area contributed by atoms with Crippen LogP contribution < -0.4 is 21.1 Å². The zero-order chi connectivity index (χ0) is 25.7. The molecular formula is C28H29N3O5. The molecule has 0 bridgehead atoms. The largest absolute Gasteiger partial charge is 0.449 e. The first-order valence-electron chi connectivity index (χ1n) is 11.8. The molecule has 0 saturated carbocycles. The Morgan fingerprint density at radius 1 is 0.889 bits per heavy atom. The highest BCUT2D eigenvalue weighted by atomic mass is 16.6. The van der Waals surface area contributed by atoms with Gasteiger partial charge >= 0.3 is 12.2 Å². The van der Waals surface area contributed by atoms with Gasteiger partial charge in [-0.3, -0.25) is 4.79 Å². The number of nitrogens with one attached hydrogen (secondary N) is 2. The summed E-state index contributed by atoms with van der Waals surface area (Å²) in [5, 5.41) is 5.54. The van der Waals surface area contributed by atoms with E-state index >= 15 is 0 Å². The highest BCUT2D eigenvalue weighted by Crippen LogP contribution is 2.44. The van der Waals surface area contributed by atoms with Crippen LogP contribution in [0.2, 0.25) is 0 Å². The van der Waals surface area contributed by atoms with E-state index in [2.05, 4.69) is 34.9 Å². The van der Waals surface area contributed by atoms with E-state index in [1.165, 1.54) is 0 Å². The maximum atomic E-state index is 12.8. The van der Waals surface area contributed by atoms with Crippen LogP contribution >= 0.6 is 0 Å². The number of nitrogens with two attached hydrogens (primary N) is 1. The lowest BCUT2D eigenvalue weighted by atomic mass is 9.98. The molecule has 8 heteroatoms. The second-order valence-electron chi connectivity index (χ2n) is 8.97. The summed E-state index contributed by atoms with van der Waals surface area (Å²) in [6.07, 6.45) is -1.53. The number of fused-ring (bicyclic) bond motifs is 3. The van der Waals surface area contributed by atoms with Gasteiger partial charge in [0.25, 0.3) is 0 Å². The molecule has 0 radical (unpaired) electrons. The molecule has 0 fully saturated rings. The monoisotopic (exact) mass is 487 g/mol. The Hall–Kier alpha value is -4.33. The Kier molecular flexibility index (Phi) is 7.53. The van der Waals surface area contributed by atoms with E-state index in [9.17, 15) is 14.4 Å². The molecule has 0 aromatic heterocycles. The van der Waals surface area contributed by atoms with E-state index in [4.69, 9.17) is 15.2 Å². The standard InChI is InChI=1S/C28H29N3O5/c1-17(2)25(26(32)30-15-18-11-13-19(14-12-18)36-27(29)33)31-28(34)35-16-24-22-9-5-3-7-20(22)21-8-4-6-10-23(21)24/h3-14,17,24-25H,15-16H2,1-2H3,(H2,29,33)(H,30,32)(H,31,34)/t25-/m0/s1. The number of ether oxygens (including phenoxy) is 2. The first-order valence-corrected chi connectivity index (χ1v) is 11.8. The summed E-state index contributed by atoms with van der Waals surface area (Å²) in [5.41, 5.74) is 10.3. The van der Waals surface area contributed by atoms with Crippen molar-refractivity contribution in [1.82, 2.24) is 10.6 Å². The van der Waals surface area contributed by atoms with Crippen molar-refractivity contribution in [1.29, 1.82) is 0 Å². The maximum absolute atomic E-state index is 12.8. The second-order valence-corrected chi connectivity index (χ2v) is 8.97. The van der Waals surface area contributed by atoms with Gasteiger partial charge in [0, 0.05) is 12.5 Å². The molecule has 0 heterocycles. The minimum atomic E-state index is -0.893. The summed E-state index contributed by atoms with van der Waals surface area (Å²) in [6, 6.07) is 22.0. The first-order chi connectivity index (χ1) is 17.3. The van der Waals surface area contributed by atoms with E-state index < -0.39 is 18.2 Å². The third-order valence-corrected chi connectivity index (χ3v) is 6.17. The highest BCUT2D eigenvalue weighted by molar-refractivity contribution is 5.86. The average Bonchev–Trinajstić information content (AvgIpc) is 3.18. The summed E-state index contributed by atoms with van der Waals surface area (Å²) < 4.78 is 10.4. The normalized spacial score (nSPS) is 12.9. The summed E-state index contributed by atoms with van der Waals surface area (Å²) >= 11 is 0. The molecule has 0 unspecified atom stereocenters. The lowest BCUT2D eigenvalue weighted by Gasteiger charge is -2.22. The number of primary amides is 1. The summed E-state index contributed by atoms with van der Waals surface area (Å²) in [5.74, 6) is -0.224. The molecule has 0 aliphatic heterocycles. The number of rotatable bonds is 8. The summed E-state index contributed by atoms with van der Waals surface area (Å²) in [4.78, 5) is 36.3. The quantitative estimate of drug-likeness (QED) is 0.437. The van der Waals surface area contributed by atoms with Crippen molar-refractivity contribution in [2.45, 2.75) is 32.4 Å². The molecule has 3 aromatic carbocycles. The van der Waals surface area contributed by atoms with Gasteiger partial charge in [0.1, 0.15) is 18.4 Å². The van der Waals surface area contributed by atoms with Crippen molar-refractivity contribution in [2.24, 2.45) is 11.7 Å². The molecule has 3 aromatic rings. The fourth-order valence-electron chi connectivity index (χ4n) is 4.39. The highest BCUT2D eigenvalue weighted by Gasteiger charge is 2.30. The fourth-order valence-corrected chi connectivity index (χ4v) is 4.39. The first kappa shape index (κ1) is 24.8. The van der Waals surface area contributed by atoms with Crippen LogP contribution in [0, 0.1) is 5.92 Å². The molecule has 4 N–H and O–H groups in total. The van der Waals surface area contributed by atoms with E-state index in [-0.39, 0.29) is 30.9 Å². The van der Waals surface area contributed by atoms with Gasteiger partial charge in [-0.1, -0.05) is 74.5 Å². The predicted octanol–water partition coefficient (Wildman–Crippen LogP) is 4.32. The Balaban J connectivity index is 1.33. The van der Waals surface area contributed by atoms with Crippen molar-refractivity contribution in [3.05, 3.63) is 89.5 Å². The number of amides is 3. The Morgan fingerprint density at radius 3 is 2.03 bits per heavy atom. The lowest BCUT2D eigenvalue weighted by molar-refractivity contribution is -0.124. The Labute approximate surface area is 209 Å². The molecule has 3 amide bonds. The smallest absolute Gasteiger partial charge is 0.409 e. The second kappa shape index (κ2) is 10.9. The minimum Gasteiger partial charge on any atom is -0.449 e. The van der Waals surface area contributed by atoms with Gasteiger partial charge in [0.15, 0.2) is 0 Å². The third kappa shape index (κ3) is 5.66. The number of benzene rings is 3. The Bertz CT molecular complexity index is 1210. The number of hydrogen-bond acceptors (Lipinski definition) is 5. The van der Waals surface area contributed by atoms with Crippen LogP contribution in [0.25, 0.3) is 11.1 Å². The van der Waals surface area contributed by atoms with Crippen molar-refractivity contribution < 1.29 is 23.9 Å². The van der Waals surface area contributed by atoms with Gasteiger partial charge in [-0.05, 0) is 45.9 Å². The topological polar surface area (TPSA) is 120 Å². The van der Waals surface area contributed by atoms with Crippen molar-refractivity contribution in [3.63, 3.8) is 0 Å². The molecular weight excluding hydrogens is 458 g/mol. The molecule has 1 atom stereocenters. The van der Waals surface area contributed by atoms with Crippen LogP contribution in [0.15, 0.2) is 72.8 Å². The molecule has 4 rings (SSSR count). The van der Waals surface area contributed by atoms with Gasteiger partial charge in [-0.15, -0.1) is 0 Å². The van der Waals surface area contributed by atoms with Gasteiger partial charge in [0.2, 0.25) is 5.91 Å². The van der Waals surface area contributed by atoms with Gasteiger partial charge in [-0.2, -0.15) is 0 Å². The van der Waals surface area contributed by atoms with Crippen LogP contribution in [-0.4, -0.2) is 30.7 Å². The number of alkyl carbamates (subject to hydrolysis) is 1. The average molecular weight is 488 g/mol. The van der Waals surface area contributed by atoms with Crippen LogP contribution in [0.4, 0.5) is 9.59 Å². The number of hydrogen-bond donors (Lipinski definition) is 3. The number of carbonyl (C=O) groups excluding carboxylic acids is 3. The molecule has 36 heavy (non-hydrogen) atoms. The Morgan fingerprint density at radius 2 is 1.47 bits per heavy atom. The fraction of sp³-hybridized carbons (Fsp3) is 0.250. The molecule has 1 aliphatic rings. The summed E-state index contributed by atoms with van der Waals surface area (Å²) in [7, 11) is 0. The number of carbonyl (C=O) groups is 3. The van der Waals surface area contributed by atoms with Gasteiger partial charge < -0.3 is 25.8 Å².